The number of aliphatic hydroxyl groups is 10. The van der Waals surface area contributed by atoms with Crippen LogP contribution in [0, 0.1) is 0 Å². The van der Waals surface area contributed by atoms with Crippen LogP contribution < -0.4 is 26.7 Å². The molecule has 16 N–H and O–H groups in total. The number of nitrogens with zero attached hydrogens (tertiary/aromatic N) is 5. The van der Waals surface area contributed by atoms with Crippen molar-refractivity contribution in [3.8, 4) is 0 Å². The van der Waals surface area contributed by atoms with Crippen LogP contribution in [0.4, 0.5) is 11.6 Å². The zero-order valence-electron chi connectivity index (χ0n) is 35.2. The lowest BCUT2D eigenvalue weighted by molar-refractivity contribution is -0.676. The second-order valence-corrected chi connectivity index (χ2v) is 14.7. The third kappa shape index (κ3) is 15.3. The Morgan fingerprint density at radius 1 is 0.762 bits per heavy atom. The number of imidazole rings is 1. The van der Waals surface area contributed by atoms with E-state index in [-0.39, 0.29) is 87.7 Å². The number of aryl methyl sites for hydroxylation is 2. The predicted octanol–water partition coefficient (Wildman–Crippen LogP) is -5.54. The number of aromatic nitrogens is 4. The van der Waals surface area contributed by atoms with Gasteiger partial charge in [-0.3, -0.25) is 14.5 Å². The molecular weight excluding hydrogens is 858 g/mol. The molecule has 8 unspecified atom stereocenters. The van der Waals surface area contributed by atoms with Crippen LogP contribution in [0.25, 0.3) is 11.0 Å². The Morgan fingerprint density at radius 2 is 1.30 bits per heavy atom. The normalized spacial score (nSPS) is 15.8. The lowest BCUT2D eigenvalue weighted by Gasteiger charge is -2.33. The monoisotopic (exact) mass is 920 g/mol. The van der Waals surface area contributed by atoms with E-state index >= 15 is 0 Å². The van der Waals surface area contributed by atoms with Gasteiger partial charge >= 0.3 is 0 Å². The SMILES string of the molecule is CCn1c(CNC(=O)c2nc(Cl)c(N)nc2N)[n+](CC)c2ccc(C(=O)NCCOCCOCCOCCN(CC(O)C(O)C(O)C(O)CO)CC(O)C(O)C(O)C(O)CO)cc21. The highest BCUT2D eigenvalue weighted by Gasteiger charge is 2.34. The average Bonchev–Trinajstić information content (AvgIpc) is 3.59. The average molecular weight is 921 g/mol. The van der Waals surface area contributed by atoms with Gasteiger partial charge in [-0.1, -0.05) is 11.6 Å². The fourth-order valence-corrected chi connectivity index (χ4v) is 6.61. The molecule has 0 aliphatic heterocycles. The number of benzene rings is 1. The fraction of sp³-hybridized carbons (Fsp3) is 0.658. The zero-order valence-corrected chi connectivity index (χ0v) is 36.0. The van der Waals surface area contributed by atoms with Crippen molar-refractivity contribution in [2.24, 2.45) is 0 Å². The maximum atomic E-state index is 13.1. The number of aliphatic hydroxyl groups excluding tert-OH is 10. The Bertz CT molecular complexity index is 1850. The number of rotatable bonds is 30. The van der Waals surface area contributed by atoms with Crippen LogP contribution in [0.1, 0.15) is 40.5 Å². The summed E-state index contributed by atoms with van der Waals surface area (Å²) < 4.78 is 20.6. The number of amides is 2. The van der Waals surface area contributed by atoms with E-state index in [0.29, 0.717) is 18.7 Å². The molecule has 2 heterocycles. The number of hydrogen-bond acceptors (Lipinski definition) is 20. The molecular formula is C38H63ClN9O15+. The second-order valence-electron chi connectivity index (χ2n) is 14.4. The van der Waals surface area contributed by atoms with E-state index in [2.05, 4.69) is 20.6 Å². The van der Waals surface area contributed by atoms with Crippen molar-refractivity contribution in [3.63, 3.8) is 0 Å². The number of nitrogens with two attached hydrogens (primary N) is 2. The minimum atomic E-state index is -1.90. The van der Waals surface area contributed by atoms with Crippen molar-refractivity contribution in [3.05, 3.63) is 40.4 Å². The van der Waals surface area contributed by atoms with E-state index in [4.69, 9.17) is 47.5 Å². The molecule has 0 aliphatic rings. The molecule has 63 heavy (non-hydrogen) atoms. The summed E-state index contributed by atoms with van der Waals surface area (Å²) in [5, 5.41) is 104. The third-order valence-corrected chi connectivity index (χ3v) is 10.2. The first-order valence-corrected chi connectivity index (χ1v) is 20.7. The molecule has 8 atom stereocenters. The van der Waals surface area contributed by atoms with E-state index in [1.165, 1.54) is 4.90 Å². The summed E-state index contributed by atoms with van der Waals surface area (Å²) >= 11 is 5.95. The number of halogens is 1. The number of nitrogen functional groups attached to an aromatic ring is 2. The Hall–Kier alpha value is -3.96. The number of ether oxygens (including phenoxy) is 3. The van der Waals surface area contributed by atoms with Crippen LogP contribution >= 0.6 is 11.6 Å². The van der Waals surface area contributed by atoms with Crippen molar-refractivity contribution in [1.29, 1.82) is 0 Å². The van der Waals surface area contributed by atoms with Crippen LogP contribution in [0.2, 0.25) is 5.15 Å². The molecule has 3 aromatic rings. The predicted molar refractivity (Wildman–Crippen MR) is 224 cm³/mol. The molecule has 0 saturated heterocycles. The van der Waals surface area contributed by atoms with Crippen LogP contribution in [-0.2, 0) is 33.8 Å². The Morgan fingerprint density at radius 3 is 1.84 bits per heavy atom. The molecule has 0 bridgehead atoms. The number of carbonyl (C=O) groups is 2. The topological polar surface area (TPSA) is 378 Å². The maximum absolute atomic E-state index is 13.1. The molecule has 0 radical (unpaired) electrons. The van der Waals surface area contributed by atoms with E-state index in [1.54, 1.807) is 12.1 Å². The van der Waals surface area contributed by atoms with Gasteiger partial charge in [0.2, 0.25) is 0 Å². The van der Waals surface area contributed by atoms with Gasteiger partial charge in [-0.15, -0.1) is 0 Å². The molecule has 25 heteroatoms. The van der Waals surface area contributed by atoms with Crippen LogP contribution in [0.5, 0.6) is 0 Å². The molecule has 24 nitrogen and oxygen atoms in total. The summed E-state index contributed by atoms with van der Waals surface area (Å²) in [7, 11) is 0. The molecule has 0 aliphatic carbocycles. The fourth-order valence-electron chi connectivity index (χ4n) is 6.48. The molecule has 1 aromatic carbocycles. The van der Waals surface area contributed by atoms with Crippen LogP contribution in [-0.4, -0.2) is 210 Å². The number of nitrogens with one attached hydrogen (secondary N) is 2. The standard InChI is InChI=1S/C38H62ClN9O15/c1-3-47-22-6-5-21(15-23(22)48(4-2)28(47)16-43-38(60)29-35(40)45-36(41)34(39)44-29)37(59)42-7-9-61-11-13-63-14-12-62-10-8-46(17-24(51)30(55)32(57)26(53)19-49)18-25(52)31(56)33(58)27(54)20-50/h5-6,15,24-27,30-33,49-58H,3-4,7-14,16-20H2,1-2H3,(H5-,40,41,42,43,45,59,60)/p+1. The Labute approximate surface area is 368 Å². The van der Waals surface area contributed by atoms with Gasteiger partial charge in [0.05, 0.1) is 78.2 Å². The van der Waals surface area contributed by atoms with Crippen molar-refractivity contribution in [1.82, 2.24) is 30.1 Å². The van der Waals surface area contributed by atoms with Gasteiger partial charge in [-0.2, -0.15) is 0 Å². The van der Waals surface area contributed by atoms with Crippen molar-refractivity contribution >= 4 is 46.1 Å². The van der Waals surface area contributed by atoms with Gasteiger partial charge < -0.3 is 87.4 Å². The highest BCUT2D eigenvalue weighted by molar-refractivity contribution is 6.31. The van der Waals surface area contributed by atoms with Gasteiger partial charge in [-0.05, 0) is 26.0 Å². The minimum absolute atomic E-state index is 0.00265. The van der Waals surface area contributed by atoms with Crippen molar-refractivity contribution in [2.75, 3.05) is 90.5 Å². The van der Waals surface area contributed by atoms with Crippen molar-refractivity contribution < 1.29 is 79.4 Å². The van der Waals surface area contributed by atoms with E-state index in [1.807, 2.05) is 29.0 Å². The van der Waals surface area contributed by atoms with Gasteiger partial charge in [0, 0.05) is 37.8 Å². The minimum Gasteiger partial charge on any atom is -0.394 e. The number of carbonyl (C=O) groups excluding carboxylic acids is 2. The van der Waals surface area contributed by atoms with E-state index < -0.39 is 81.0 Å². The summed E-state index contributed by atoms with van der Waals surface area (Å²) in [6, 6.07) is 5.34. The van der Waals surface area contributed by atoms with Crippen LogP contribution in [0.15, 0.2) is 18.2 Å². The highest BCUT2D eigenvalue weighted by atomic mass is 35.5. The molecule has 356 valence electrons. The first kappa shape index (κ1) is 53.4. The summed E-state index contributed by atoms with van der Waals surface area (Å²) in [6.45, 7) is 3.68. The first-order chi connectivity index (χ1) is 30.0. The molecule has 2 amide bonds. The van der Waals surface area contributed by atoms with E-state index in [9.17, 15) is 50.4 Å². The second kappa shape index (κ2) is 26.7. The molecule has 2 aromatic heterocycles. The number of hydrogen-bond donors (Lipinski definition) is 14. The highest BCUT2D eigenvalue weighted by Crippen LogP contribution is 2.20. The van der Waals surface area contributed by atoms with Gasteiger partial charge in [0.1, 0.15) is 43.2 Å². The van der Waals surface area contributed by atoms with Crippen molar-refractivity contribution in [2.45, 2.75) is 82.3 Å². The largest absolute Gasteiger partial charge is 0.394 e. The third-order valence-electron chi connectivity index (χ3n) is 9.97. The Kier molecular flexibility index (Phi) is 22.7. The van der Waals surface area contributed by atoms with E-state index in [0.717, 1.165) is 16.9 Å². The quantitative estimate of drug-likeness (QED) is 0.0219. The lowest BCUT2D eigenvalue weighted by Crippen LogP contribution is -2.53. The first-order valence-electron chi connectivity index (χ1n) is 20.3. The summed E-state index contributed by atoms with van der Waals surface area (Å²) in [5.41, 5.74) is 13.4. The summed E-state index contributed by atoms with van der Waals surface area (Å²) in [6.07, 6.45) is -14.5. The lowest BCUT2D eigenvalue weighted by atomic mass is 10.0. The zero-order chi connectivity index (χ0) is 46.8. The van der Waals surface area contributed by atoms with Gasteiger partial charge in [0.25, 0.3) is 17.6 Å². The molecule has 0 spiro atoms. The van der Waals surface area contributed by atoms with Gasteiger partial charge in [0.15, 0.2) is 33.5 Å². The molecule has 0 fully saturated rings. The maximum Gasteiger partial charge on any atom is 0.277 e. The molecule has 0 saturated carbocycles. The van der Waals surface area contributed by atoms with Crippen LogP contribution in [0.3, 0.4) is 0 Å². The number of fused-ring (bicyclic) bond motifs is 1. The summed E-state index contributed by atoms with van der Waals surface area (Å²) in [4.78, 5) is 35.1. The smallest absolute Gasteiger partial charge is 0.277 e. The Balaban J connectivity index is 1.41. The summed E-state index contributed by atoms with van der Waals surface area (Å²) in [5.74, 6) is -0.354. The number of anilines is 2. The molecule has 3 rings (SSSR count). The van der Waals surface area contributed by atoms with Gasteiger partial charge in [-0.25, -0.2) is 19.1 Å².